The van der Waals surface area contributed by atoms with Crippen molar-refractivity contribution in [1.29, 1.82) is 0 Å². The molecule has 2 N–H and O–H groups in total. The Balaban J connectivity index is 2.36. The van der Waals surface area contributed by atoms with Crippen molar-refractivity contribution in [3.05, 3.63) is 0 Å². The summed E-state index contributed by atoms with van der Waals surface area (Å²) in [6, 6.07) is -0.308. The summed E-state index contributed by atoms with van der Waals surface area (Å²) >= 11 is 0. The molecule has 1 atom stereocenters. The second-order valence-electron chi connectivity index (χ2n) is 4.99. The summed E-state index contributed by atoms with van der Waals surface area (Å²) in [7, 11) is 0. The van der Waals surface area contributed by atoms with Gasteiger partial charge in [-0.15, -0.1) is 0 Å². The summed E-state index contributed by atoms with van der Waals surface area (Å²) in [5.74, 6) is -0.324. The summed E-state index contributed by atoms with van der Waals surface area (Å²) < 4.78 is 10.9. The lowest BCUT2D eigenvalue weighted by molar-refractivity contribution is -0.130. The van der Waals surface area contributed by atoms with Crippen LogP contribution < -0.4 is 5.73 Å². The molecule has 0 aromatic carbocycles. The van der Waals surface area contributed by atoms with Gasteiger partial charge in [-0.3, -0.25) is 9.69 Å². The smallest absolute Gasteiger partial charge is 0.237 e. The molecule has 0 radical (unpaired) electrons. The highest BCUT2D eigenvalue weighted by atomic mass is 16.5. The summed E-state index contributed by atoms with van der Waals surface area (Å²) in [4.78, 5) is 13.2. The second kappa shape index (κ2) is 5.61. The van der Waals surface area contributed by atoms with E-state index in [1.165, 1.54) is 0 Å². The van der Waals surface area contributed by atoms with Gasteiger partial charge in [-0.1, -0.05) is 0 Å². The number of hydrogen-bond acceptors (Lipinski definition) is 4. The van der Waals surface area contributed by atoms with Gasteiger partial charge in [0.25, 0.3) is 0 Å². The average molecular weight is 230 g/mol. The zero-order chi connectivity index (χ0) is 12.2. The molecule has 0 aromatic rings. The van der Waals surface area contributed by atoms with Crippen LogP contribution in [0.3, 0.4) is 0 Å². The lowest BCUT2D eigenvalue weighted by atomic mass is 10.2. The maximum atomic E-state index is 11.2. The molecular weight excluding hydrogens is 208 g/mol. The van der Waals surface area contributed by atoms with Crippen molar-refractivity contribution in [3.8, 4) is 0 Å². The first kappa shape index (κ1) is 13.4. The molecule has 0 aliphatic carbocycles. The molecule has 16 heavy (non-hydrogen) atoms. The van der Waals surface area contributed by atoms with Crippen LogP contribution in [0.15, 0.2) is 0 Å². The van der Waals surface area contributed by atoms with Gasteiger partial charge in [-0.05, 0) is 20.8 Å². The molecular formula is C11H22N2O3. The van der Waals surface area contributed by atoms with Crippen LogP contribution in [0.2, 0.25) is 0 Å². The number of nitrogens with two attached hydrogens (primary N) is 1. The lowest BCUT2D eigenvalue weighted by Crippen LogP contribution is -2.53. The zero-order valence-corrected chi connectivity index (χ0v) is 10.4. The number of morpholine rings is 1. The van der Waals surface area contributed by atoms with Gasteiger partial charge in [-0.2, -0.15) is 0 Å². The van der Waals surface area contributed by atoms with Crippen molar-refractivity contribution in [2.24, 2.45) is 5.73 Å². The first-order chi connectivity index (χ1) is 7.40. The Bertz CT molecular complexity index is 238. The highest BCUT2D eigenvalue weighted by molar-refractivity contribution is 5.80. The van der Waals surface area contributed by atoms with E-state index >= 15 is 0 Å². The van der Waals surface area contributed by atoms with Gasteiger partial charge in [0.2, 0.25) is 5.91 Å². The normalized spacial score (nSPS) is 23.3. The maximum absolute atomic E-state index is 11.2. The minimum Gasteiger partial charge on any atom is -0.378 e. The number of primary amides is 1. The summed E-state index contributed by atoms with van der Waals surface area (Å²) in [5, 5.41) is 0. The Labute approximate surface area is 96.9 Å². The van der Waals surface area contributed by atoms with Gasteiger partial charge in [0.15, 0.2) is 0 Å². The van der Waals surface area contributed by atoms with E-state index < -0.39 is 0 Å². The number of carbonyl (C=O) groups is 1. The Morgan fingerprint density at radius 2 is 2.25 bits per heavy atom. The highest BCUT2D eigenvalue weighted by Gasteiger charge is 2.27. The number of hydrogen-bond donors (Lipinski definition) is 1. The van der Waals surface area contributed by atoms with E-state index in [9.17, 15) is 4.79 Å². The van der Waals surface area contributed by atoms with Crippen LogP contribution in [0.5, 0.6) is 0 Å². The van der Waals surface area contributed by atoms with Crippen LogP contribution in [0.25, 0.3) is 0 Å². The summed E-state index contributed by atoms with van der Waals surface area (Å²) in [5.41, 5.74) is 5.17. The van der Waals surface area contributed by atoms with Gasteiger partial charge in [0.1, 0.15) is 6.04 Å². The number of nitrogens with zero attached hydrogens (tertiary/aromatic N) is 1. The van der Waals surface area contributed by atoms with Crippen LogP contribution in [-0.4, -0.2) is 55.4 Å². The highest BCUT2D eigenvalue weighted by Crippen LogP contribution is 2.09. The van der Waals surface area contributed by atoms with Gasteiger partial charge < -0.3 is 15.2 Å². The van der Waals surface area contributed by atoms with E-state index in [4.69, 9.17) is 15.2 Å². The number of rotatable bonds is 4. The Hall–Kier alpha value is -0.650. The quantitative estimate of drug-likeness (QED) is 0.737. The molecule has 0 bridgehead atoms. The molecule has 1 heterocycles. The van der Waals surface area contributed by atoms with E-state index in [1.54, 1.807) is 0 Å². The molecule has 0 saturated carbocycles. The van der Waals surface area contributed by atoms with E-state index in [0.717, 1.165) is 6.54 Å². The summed E-state index contributed by atoms with van der Waals surface area (Å²) in [6.45, 7) is 9.14. The van der Waals surface area contributed by atoms with Crippen LogP contribution in [0.4, 0.5) is 0 Å². The number of ether oxygens (including phenoxy) is 2. The van der Waals surface area contributed by atoms with Crippen molar-refractivity contribution in [1.82, 2.24) is 4.90 Å². The monoisotopic (exact) mass is 230 g/mol. The first-order valence-corrected chi connectivity index (χ1v) is 5.65. The van der Waals surface area contributed by atoms with E-state index in [2.05, 4.69) is 0 Å². The molecule has 1 aliphatic heterocycles. The van der Waals surface area contributed by atoms with Crippen LogP contribution >= 0.6 is 0 Å². The standard InChI is InChI=1S/C11H22N2O3/c1-11(2,3)16-7-5-13-4-6-15-8-9(13)10(12)14/h9H,4-8H2,1-3H3,(H2,12,14). The average Bonchev–Trinajstić information content (AvgIpc) is 2.16. The molecule has 94 valence electrons. The third kappa shape index (κ3) is 4.47. The van der Waals surface area contributed by atoms with Crippen molar-refractivity contribution < 1.29 is 14.3 Å². The first-order valence-electron chi connectivity index (χ1n) is 5.65. The fourth-order valence-electron chi connectivity index (χ4n) is 1.64. The largest absolute Gasteiger partial charge is 0.378 e. The third-order valence-electron chi connectivity index (χ3n) is 2.48. The molecule has 1 aliphatic rings. The maximum Gasteiger partial charge on any atom is 0.237 e. The van der Waals surface area contributed by atoms with Crippen molar-refractivity contribution in [2.75, 3.05) is 32.9 Å². The van der Waals surface area contributed by atoms with Gasteiger partial charge in [-0.25, -0.2) is 0 Å². The lowest BCUT2D eigenvalue weighted by Gasteiger charge is -2.34. The molecule has 5 nitrogen and oxygen atoms in total. The Morgan fingerprint density at radius 3 is 2.81 bits per heavy atom. The zero-order valence-electron chi connectivity index (χ0n) is 10.4. The fraction of sp³-hybridized carbons (Fsp3) is 0.909. The van der Waals surface area contributed by atoms with E-state index in [-0.39, 0.29) is 17.6 Å². The van der Waals surface area contributed by atoms with E-state index in [1.807, 2.05) is 25.7 Å². The molecule has 1 rings (SSSR count). The predicted octanol–water partition coefficient (Wildman–Crippen LogP) is -0.0124. The minimum absolute atomic E-state index is 0.144. The SMILES string of the molecule is CC(C)(C)OCCN1CCOCC1C(N)=O. The van der Waals surface area contributed by atoms with Crippen molar-refractivity contribution in [2.45, 2.75) is 32.4 Å². The van der Waals surface area contributed by atoms with Gasteiger partial charge in [0, 0.05) is 13.1 Å². The van der Waals surface area contributed by atoms with Gasteiger partial charge >= 0.3 is 0 Å². The van der Waals surface area contributed by atoms with E-state index in [0.29, 0.717) is 26.4 Å². The predicted molar refractivity (Wildman–Crippen MR) is 61.1 cm³/mol. The molecule has 1 fully saturated rings. The fourth-order valence-corrected chi connectivity index (χ4v) is 1.64. The van der Waals surface area contributed by atoms with Crippen molar-refractivity contribution in [3.63, 3.8) is 0 Å². The van der Waals surface area contributed by atoms with Gasteiger partial charge in [0.05, 0.1) is 25.4 Å². The number of carbonyl (C=O) groups excluding carboxylic acids is 1. The Morgan fingerprint density at radius 1 is 1.56 bits per heavy atom. The topological polar surface area (TPSA) is 64.8 Å². The molecule has 1 unspecified atom stereocenters. The second-order valence-corrected chi connectivity index (χ2v) is 4.99. The van der Waals surface area contributed by atoms with Crippen molar-refractivity contribution >= 4 is 5.91 Å². The molecule has 1 amide bonds. The molecule has 5 heteroatoms. The van der Waals surface area contributed by atoms with Crippen LogP contribution in [0, 0.1) is 0 Å². The molecule has 0 aromatic heterocycles. The van der Waals surface area contributed by atoms with Crippen LogP contribution in [-0.2, 0) is 14.3 Å². The third-order valence-corrected chi connectivity index (χ3v) is 2.48. The van der Waals surface area contributed by atoms with Crippen LogP contribution in [0.1, 0.15) is 20.8 Å². The molecule has 1 saturated heterocycles. The Kier molecular flexibility index (Phi) is 4.70. The minimum atomic E-state index is -0.324. The summed E-state index contributed by atoms with van der Waals surface area (Å²) in [6.07, 6.45) is 0. The molecule has 0 spiro atoms. The number of amides is 1.